The lowest BCUT2D eigenvalue weighted by Gasteiger charge is -2.42. The van der Waals surface area contributed by atoms with E-state index in [1.807, 2.05) is 18.2 Å². The van der Waals surface area contributed by atoms with Crippen molar-refractivity contribution in [3.05, 3.63) is 33.3 Å². The molecule has 2 nitrogen and oxygen atoms in total. The quantitative estimate of drug-likeness (QED) is 0.888. The molecule has 1 aliphatic rings. The van der Waals surface area contributed by atoms with Gasteiger partial charge >= 0.3 is 0 Å². The molecule has 2 rings (SSSR count). The zero-order valence-corrected chi connectivity index (χ0v) is 13.9. The summed E-state index contributed by atoms with van der Waals surface area (Å²) in [5, 5.41) is 0.773. The molecule has 1 saturated heterocycles. The standard InChI is InChI=1S/C15H22BrClN2/c1-10-3-4-11(2)19(9-10)15(8-18)13-7-12(17)5-6-14(13)16/h5-7,10-11,15H,3-4,8-9,18H2,1-2H3. The molecule has 0 amide bonds. The fraction of sp³-hybridized carbons (Fsp3) is 0.600. The van der Waals surface area contributed by atoms with Crippen LogP contribution in [0.15, 0.2) is 22.7 Å². The van der Waals surface area contributed by atoms with Gasteiger partial charge in [0.15, 0.2) is 0 Å². The summed E-state index contributed by atoms with van der Waals surface area (Å²) in [5.74, 6) is 0.739. The van der Waals surface area contributed by atoms with Gasteiger partial charge in [-0.1, -0.05) is 34.5 Å². The van der Waals surface area contributed by atoms with Gasteiger partial charge < -0.3 is 5.73 Å². The van der Waals surface area contributed by atoms with Crippen molar-refractivity contribution in [1.29, 1.82) is 0 Å². The van der Waals surface area contributed by atoms with Crippen molar-refractivity contribution in [1.82, 2.24) is 4.90 Å². The third-order valence-corrected chi connectivity index (χ3v) is 5.06. The maximum Gasteiger partial charge on any atom is 0.0485 e. The summed E-state index contributed by atoms with van der Waals surface area (Å²) in [4.78, 5) is 2.53. The second-order valence-electron chi connectivity index (χ2n) is 5.65. The first-order valence-corrected chi connectivity index (χ1v) is 8.10. The largest absolute Gasteiger partial charge is 0.329 e. The maximum atomic E-state index is 6.14. The highest BCUT2D eigenvalue weighted by Gasteiger charge is 2.30. The normalized spacial score (nSPS) is 26.4. The van der Waals surface area contributed by atoms with E-state index < -0.39 is 0 Å². The lowest BCUT2D eigenvalue weighted by molar-refractivity contribution is 0.0795. The summed E-state index contributed by atoms with van der Waals surface area (Å²) in [6.07, 6.45) is 2.56. The van der Waals surface area contributed by atoms with Gasteiger partial charge in [-0.25, -0.2) is 0 Å². The van der Waals surface area contributed by atoms with Crippen LogP contribution in [0.4, 0.5) is 0 Å². The molecule has 0 radical (unpaired) electrons. The van der Waals surface area contributed by atoms with E-state index in [1.165, 1.54) is 18.4 Å². The smallest absolute Gasteiger partial charge is 0.0485 e. The van der Waals surface area contributed by atoms with Crippen LogP contribution in [0.5, 0.6) is 0 Å². The first-order chi connectivity index (χ1) is 9.02. The number of piperidine rings is 1. The minimum Gasteiger partial charge on any atom is -0.329 e. The SMILES string of the molecule is CC1CCC(C)N(C(CN)c2cc(Cl)ccc2Br)C1. The molecule has 1 fully saturated rings. The Kier molecular flexibility index (Phi) is 5.29. The topological polar surface area (TPSA) is 29.3 Å². The van der Waals surface area contributed by atoms with E-state index >= 15 is 0 Å². The molecule has 0 aliphatic carbocycles. The number of rotatable bonds is 3. The molecule has 4 heteroatoms. The molecule has 0 bridgehead atoms. The second kappa shape index (κ2) is 6.57. The minimum atomic E-state index is 0.242. The molecule has 1 aromatic carbocycles. The monoisotopic (exact) mass is 344 g/mol. The Morgan fingerprint density at radius 1 is 1.42 bits per heavy atom. The molecule has 1 aromatic rings. The predicted molar refractivity (Wildman–Crippen MR) is 85.5 cm³/mol. The van der Waals surface area contributed by atoms with Gasteiger partial charge in [0.1, 0.15) is 0 Å². The third kappa shape index (κ3) is 3.52. The van der Waals surface area contributed by atoms with Crippen LogP contribution in [-0.4, -0.2) is 24.0 Å². The van der Waals surface area contributed by atoms with Crippen molar-refractivity contribution in [2.75, 3.05) is 13.1 Å². The average Bonchev–Trinajstić information content (AvgIpc) is 2.38. The van der Waals surface area contributed by atoms with Gasteiger partial charge in [-0.2, -0.15) is 0 Å². The summed E-state index contributed by atoms with van der Waals surface area (Å²) >= 11 is 9.77. The van der Waals surface area contributed by atoms with Gasteiger partial charge in [0.2, 0.25) is 0 Å². The highest BCUT2D eigenvalue weighted by molar-refractivity contribution is 9.10. The number of halogens is 2. The Morgan fingerprint density at radius 3 is 2.84 bits per heavy atom. The van der Waals surface area contributed by atoms with Crippen molar-refractivity contribution < 1.29 is 0 Å². The van der Waals surface area contributed by atoms with E-state index in [0.29, 0.717) is 12.6 Å². The summed E-state index contributed by atoms with van der Waals surface area (Å²) in [5.41, 5.74) is 7.26. The molecule has 0 spiro atoms. The number of hydrogen-bond donors (Lipinski definition) is 1. The van der Waals surface area contributed by atoms with Gasteiger partial charge in [0.25, 0.3) is 0 Å². The Balaban J connectivity index is 2.30. The predicted octanol–water partition coefficient (Wildman–Crippen LogP) is 4.22. The van der Waals surface area contributed by atoms with Crippen molar-refractivity contribution in [3.8, 4) is 0 Å². The van der Waals surface area contributed by atoms with Gasteiger partial charge in [-0.15, -0.1) is 0 Å². The van der Waals surface area contributed by atoms with Gasteiger partial charge in [0.05, 0.1) is 0 Å². The van der Waals surface area contributed by atoms with Crippen LogP contribution >= 0.6 is 27.5 Å². The van der Waals surface area contributed by atoms with Crippen LogP contribution in [0.3, 0.4) is 0 Å². The molecule has 1 aliphatic heterocycles. The molecule has 19 heavy (non-hydrogen) atoms. The van der Waals surface area contributed by atoms with Gasteiger partial charge in [-0.05, 0) is 49.4 Å². The number of nitrogens with zero attached hydrogens (tertiary/aromatic N) is 1. The third-order valence-electron chi connectivity index (χ3n) is 4.11. The molecule has 1 heterocycles. The van der Waals surface area contributed by atoms with Crippen molar-refractivity contribution in [3.63, 3.8) is 0 Å². The van der Waals surface area contributed by atoms with Gasteiger partial charge in [-0.3, -0.25) is 4.90 Å². The Labute approximate surface area is 129 Å². The van der Waals surface area contributed by atoms with Crippen LogP contribution in [0, 0.1) is 5.92 Å². The number of nitrogens with two attached hydrogens (primary N) is 1. The van der Waals surface area contributed by atoms with Crippen LogP contribution < -0.4 is 5.73 Å². The Hall–Kier alpha value is -0.0900. The molecule has 106 valence electrons. The molecule has 0 aromatic heterocycles. The van der Waals surface area contributed by atoms with E-state index in [9.17, 15) is 0 Å². The zero-order chi connectivity index (χ0) is 14.0. The molecular weight excluding hydrogens is 324 g/mol. The van der Waals surface area contributed by atoms with E-state index in [4.69, 9.17) is 17.3 Å². The first kappa shape index (κ1) is 15.3. The first-order valence-electron chi connectivity index (χ1n) is 6.93. The van der Waals surface area contributed by atoms with Crippen molar-refractivity contribution >= 4 is 27.5 Å². The average molecular weight is 346 g/mol. The lowest BCUT2D eigenvalue weighted by Crippen LogP contribution is -2.45. The zero-order valence-electron chi connectivity index (χ0n) is 11.6. The molecule has 3 atom stereocenters. The van der Waals surface area contributed by atoms with Crippen LogP contribution in [-0.2, 0) is 0 Å². The highest BCUT2D eigenvalue weighted by Crippen LogP contribution is 2.34. The summed E-state index contributed by atoms with van der Waals surface area (Å²) in [6, 6.07) is 6.78. The van der Waals surface area contributed by atoms with Crippen LogP contribution in [0.25, 0.3) is 0 Å². The molecular formula is C15H22BrClN2. The Bertz CT molecular complexity index is 438. The second-order valence-corrected chi connectivity index (χ2v) is 6.94. The lowest BCUT2D eigenvalue weighted by atomic mass is 9.91. The van der Waals surface area contributed by atoms with Crippen LogP contribution in [0.2, 0.25) is 5.02 Å². The maximum absolute atomic E-state index is 6.14. The van der Waals surface area contributed by atoms with Crippen molar-refractivity contribution in [2.45, 2.75) is 38.8 Å². The summed E-state index contributed by atoms with van der Waals surface area (Å²) in [7, 11) is 0. The van der Waals surface area contributed by atoms with E-state index in [-0.39, 0.29) is 6.04 Å². The summed E-state index contributed by atoms with van der Waals surface area (Å²) in [6.45, 7) is 6.35. The van der Waals surface area contributed by atoms with E-state index in [0.717, 1.165) is 22.0 Å². The fourth-order valence-electron chi connectivity index (χ4n) is 2.97. The highest BCUT2D eigenvalue weighted by atomic mass is 79.9. The van der Waals surface area contributed by atoms with Gasteiger partial charge in [0, 0.05) is 34.7 Å². The fourth-order valence-corrected chi connectivity index (χ4v) is 3.66. The van der Waals surface area contributed by atoms with Crippen molar-refractivity contribution in [2.24, 2.45) is 11.7 Å². The summed E-state index contributed by atoms with van der Waals surface area (Å²) < 4.78 is 1.10. The Morgan fingerprint density at radius 2 is 2.16 bits per heavy atom. The number of hydrogen-bond acceptors (Lipinski definition) is 2. The number of benzene rings is 1. The molecule has 2 N–H and O–H groups in total. The minimum absolute atomic E-state index is 0.242. The van der Waals surface area contributed by atoms with E-state index in [1.54, 1.807) is 0 Å². The van der Waals surface area contributed by atoms with E-state index in [2.05, 4.69) is 34.7 Å². The molecule has 0 saturated carbocycles. The molecule has 3 unspecified atom stereocenters. The van der Waals surface area contributed by atoms with Crippen LogP contribution in [0.1, 0.15) is 38.3 Å². The number of likely N-dealkylation sites (tertiary alicyclic amines) is 1.